The van der Waals surface area contributed by atoms with Crippen molar-refractivity contribution in [2.24, 2.45) is 0 Å². The molecular formula is C10H22N2O2S. The Morgan fingerprint density at radius 2 is 2.07 bits per heavy atom. The predicted molar refractivity (Wildman–Crippen MR) is 64.4 cm³/mol. The topological polar surface area (TPSA) is 49.4 Å². The Kier molecular flexibility index (Phi) is 6.80. The van der Waals surface area contributed by atoms with Crippen LogP contribution in [0.25, 0.3) is 0 Å². The average molecular weight is 234 g/mol. The molecule has 0 spiro atoms. The summed E-state index contributed by atoms with van der Waals surface area (Å²) in [4.78, 5) is 0. The maximum absolute atomic E-state index is 11.7. The second-order valence-electron chi connectivity index (χ2n) is 3.74. The fourth-order valence-corrected chi connectivity index (χ4v) is 2.43. The molecule has 5 heteroatoms. The zero-order valence-corrected chi connectivity index (χ0v) is 10.7. The van der Waals surface area contributed by atoms with Crippen LogP contribution in [0.3, 0.4) is 0 Å². The van der Waals surface area contributed by atoms with Crippen LogP contribution in [0.2, 0.25) is 0 Å². The Bertz CT molecular complexity index is 286. The Labute approximate surface area is 93.4 Å². The van der Waals surface area contributed by atoms with Crippen LogP contribution < -0.4 is 5.32 Å². The van der Waals surface area contributed by atoms with Gasteiger partial charge in [-0.2, -0.15) is 0 Å². The van der Waals surface area contributed by atoms with Crippen LogP contribution in [-0.2, 0) is 10.0 Å². The van der Waals surface area contributed by atoms with Gasteiger partial charge >= 0.3 is 0 Å². The van der Waals surface area contributed by atoms with Crippen LogP contribution >= 0.6 is 0 Å². The Morgan fingerprint density at radius 3 is 2.53 bits per heavy atom. The molecule has 0 bridgehead atoms. The normalized spacial score (nSPS) is 12.0. The average Bonchev–Trinajstić information content (AvgIpc) is 2.11. The molecule has 4 nitrogen and oxygen atoms in total. The molecule has 0 heterocycles. The van der Waals surface area contributed by atoms with E-state index in [9.17, 15) is 8.42 Å². The van der Waals surface area contributed by atoms with E-state index in [1.54, 1.807) is 7.05 Å². The third kappa shape index (κ3) is 6.65. The summed E-state index contributed by atoms with van der Waals surface area (Å²) in [5.74, 6) is 0.198. The molecule has 0 saturated carbocycles. The maximum atomic E-state index is 11.7. The molecular weight excluding hydrogens is 212 g/mol. The Hall–Kier alpha value is -0.390. The van der Waals surface area contributed by atoms with E-state index in [1.165, 1.54) is 4.31 Å². The largest absolute Gasteiger partial charge is 0.317 e. The summed E-state index contributed by atoms with van der Waals surface area (Å²) in [6, 6.07) is 0. The van der Waals surface area contributed by atoms with Gasteiger partial charge in [-0.15, -0.1) is 0 Å². The smallest absolute Gasteiger partial charge is 0.214 e. The lowest BCUT2D eigenvalue weighted by molar-refractivity contribution is 0.490. The number of hydrogen-bond acceptors (Lipinski definition) is 3. The van der Waals surface area contributed by atoms with Crippen LogP contribution in [0.15, 0.2) is 12.2 Å². The van der Waals surface area contributed by atoms with Gasteiger partial charge < -0.3 is 5.32 Å². The van der Waals surface area contributed by atoms with E-state index in [1.807, 2.05) is 13.8 Å². The summed E-state index contributed by atoms with van der Waals surface area (Å²) in [6.07, 6.45) is 0.650. The van der Waals surface area contributed by atoms with Gasteiger partial charge in [-0.1, -0.05) is 19.1 Å². The number of rotatable bonds is 8. The van der Waals surface area contributed by atoms with Crippen LogP contribution in [0.1, 0.15) is 20.3 Å². The monoisotopic (exact) mass is 234 g/mol. The minimum atomic E-state index is -3.10. The van der Waals surface area contributed by atoms with Crippen molar-refractivity contribution >= 4 is 10.0 Å². The summed E-state index contributed by atoms with van der Waals surface area (Å²) in [6.45, 7) is 9.56. The number of likely N-dealkylation sites (N-methyl/N-ethyl adjacent to an activating group) is 1. The zero-order chi connectivity index (χ0) is 11.9. The molecule has 0 radical (unpaired) electrons. The van der Waals surface area contributed by atoms with E-state index in [4.69, 9.17) is 0 Å². The van der Waals surface area contributed by atoms with Crippen molar-refractivity contribution in [3.63, 3.8) is 0 Å². The molecule has 0 aromatic carbocycles. The lowest BCUT2D eigenvalue weighted by Gasteiger charge is -2.16. The van der Waals surface area contributed by atoms with Crippen LogP contribution in [0.4, 0.5) is 0 Å². The number of hydrogen-bond donors (Lipinski definition) is 1. The fraction of sp³-hybridized carbons (Fsp3) is 0.800. The quantitative estimate of drug-likeness (QED) is 0.500. The molecule has 90 valence electrons. The second-order valence-corrected chi connectivity index (χ2v) is 5.93. The van der Waals surface area contributed by atoms with E-state index >= 15 is 0 Å². The molecule has 0 saturated heterocycles. The van der Waals surface area contributed by atoms with E-state index in [-0.39, 0.29) is 5.75 Å². The van der Waals surface area contributed by atoms with Crippen molar-refractivity contribution in [3.8, 4) is 0 Å². The molecule has 0 atom stereocenters. The van der Waals surface area contributed by atoms with Gasteiger partial charge in [0.1, 0.15) is 0 Å². The lowest BCUT2D eigenvalue weighted by atomic mass is 10.4. The highest BCUT2D eigenvalue weighted by atomic mass is 32.2. The molecule has 0 amide bonds. The first-order chi connectivity index (χ1) is 6.90. The summed E-state index contributed by atoms with van der Waals surface area (Å²) >= 11 is 0. The molecule has 0 fully saturated rings. The van der Waals surface area contributed by atoms with Crippen LogP contribution in [0, 0.1) is 0 Å². The van der Waals surface area contributed by atoms with Gasteiger partial charge in [0.15, 0.2) is 0 Å². The minimum Gasteiger partial charge on any atom is -0.317 e. The Morgan fingerprint density at radius 1 is 1.47 bits per heavy atom. The van der Waals surface area contributed by atoms with Crippen molar-refractivity contribution in [1.29, 1.82) is 0 Å². The van der Waals surface area contributed by atoms with E-state index in [0.717, 1.165) is 18.7 Å². The zero-order valence-electron chi connectivity index (χ0n) is 9.91. The van der Waals surface area contributed by atoms with Crippen molar-refractivity contribution in [1.82, 2.24) is 9.62 Å². The number of nitrogens with one attached hydrogen (secondary N) is 1. The molecule has 0 rings (SSSR count). The van der Waals surface area contributed by atoms with Gasteiger partial charge in [-0.05, 0) is 26.4 Å². The van der Waals surface area contributed by atoms with Crippen molar-refractivity contribution in [2.45, 2.75) is 20.3 Å². The molecule has 0 aromatic heterocycles. The van der Waals surface area contributed by atoms with Gasteiger partial charge in [0, 0.05) is 13.6 Å². The third-order valence-electron chi connectivity index (χ3n) is 1.97. The van der Waals surface area contributed by atoms with Crippen molar-refractivity contribution < 1.29 is 8.42 Å². The van der Waals surface area contributed by atoms with Crippen molar-refractivity contribution in [3.05, 3.63) is 12.2 Å². The summed E-state index contributed by atoms with van der Waals surface area (Å²) in [7, 11) is -1.51. The van der Waals surface area contributed by atoms with Crippen molar-refractivity contribution in [2.75, 3.05) is 32.4 Å². The first-order valence-corrected chi connectivity index (χ1v) is 6.80. The molecule has 0 aromatic rings. The fourth-order valence-electron chi connectivity index (χ4n) is 1.19. The predicted octanol–water partition coefficient (Wildman–Crippen LogP) is 0.824. The van der Waals surface area contributed by atoms with E-state index in [2.05, 4.69) is 11.9 Å². The van der Waals surface area contributed by atoms with Crippen LogP contribution in [-0.4, -0.2) is 45.2 Å². The molecule has 0 aliphatic carbocycles. The molecule has 0 aliphatic rings. The highest BCUT2D eigenvalue weighted by molar-refractivity contribution is 7.89. The maximum Gasteiger partial charge on any atom is 0.214 e. The standard InChI is InChI=1S/C10H22N2O2S/c1-5-11-7-6-8-15(13,14)12(4)9-10(2)3/h11H,2,5-9H2,1,3-4H3. The van der Waals surface area contributed by atoms with Crippen LogP contribution in [0.5, 0.6) is 0 Å². The highest BCUT2D eigenvalue weighted by Gasteiger charge is 2.16. The number of nitrogens with zero attached hydrogens (tertiary/aromatic N) is 1. The summed E-state index contributed by atoms with van der Waals surface area (Å²) < 4.78 is 24.7. The lowest BCUT2D eigenvalue weighted by Crippen LogP contribution is -2.31. The molecule has 0 aliphatic heterocycles. The first kappa shape index (κ1) is 14.6. The highest BCUT2D eigenvalue weighted by Crippen LogP contribution is 2.02. The van der Waals surface area contributed by atoms with Gasteiger partial charge in [-0.25, -0.2) is 12.7 Å². The minimum absolute atomic E-state index is 0.198. The Balaban J connectivity index is 4.00. The SMILES string of the molecule is C=C(C)CN(C)S(=O)(=O)CCCNCC. The summed E-state index contributed by atoms with van der Waals surface area (Å²) in [5, 5.41) is 3.10. The van der Waals surface area contributed by atoms with Gasteiger partial charge in [-0.3, -0.25) is 0 Å². The van der Waals surface area contributed by atoms with Gasteiger partial charge in [0.25, 0.3) is 0 Å². The third-order valence-corrected chi connectivity index (χ3v) is 3.86. The number of sulfonamides is 1. The van der Waals surface area contributed by atoms with Gasteiger partial charge in [0.2, 0.25) is 10.0 Å². The van der Waals surface area contributed by atoms with E-state index in [0.29, 0.717) is 13.0 Å². The molecule has 15 heavy (non-hydrogen) atoms. The molecule has 0 unspecified atom stereocenters. The first-order valence-electron chi connectivity index (χ1n) is 5.19. The second kappa shape index (κ2) is 6.98. The van der Waals surface area contributed by atoms with Gasteiger partial charge in [0.05, 0.1) is 5.75 Å². The van der Waals surface area contributed by atoms with E-state index < -0.39 is 10.0 Å². The summed E-state index contributed by atoms with van der Waals surface area (Å²) in [5.41, 5.74) is 0.854. The molecule has 1 N–H and O–H groups in total.